The maximum atomic E-state index is 13.5. The van der Waals surface area contributed by atoms with E-state index in [4.69, 9.17) is 37.1 Å². The molecule has 1 heterocycles. The number of rotatable bonds is 10. The van der Waals surface area contributed by atoms with Gasteiger partial charge >= 0.3 is 12.1 Å². The van der Waals surface area contributed by atoms with E-state index in [-0.39, 0.29) is 24.0 Å². The molecule has 196 valence electrons. The van der Waals surface area contributed by atoms with Gasteiger partial charge in [-0.25, -0.2) is 4.79 Å². The average Bonchev–Trinajstić information content (AvgIpc) is 3.01. The lowest BCUT2D eigenvalue weighted by atomic mass is 10.0. The van der Waals surface area contributed by atoms with Crippen LogP contribution in [0.4, 0.5) is 24.5 Å². The monoisotopic (exact) mass is 537 g/mol. The van der Waals surface area contributed by atoms with E-state index in [1.807, 2.05) is 0 Å². The molecule has 2 aromatic carbocycles. The highest BCUT2D eigenvalue weighted by atomic mass is 32.1. The van der Waals surface area contributed by atoms with Gasteiger partial charge < -0.3 is 19.6 Å². The fraction of sp³-hybridized carbons (Fsp3) is 0.333. The molecule has 0 unspecified atom stereocenters. The van der Waals surface area contributed by atoms with Crippen molar-refractivity contribution in [2.24, 2.45) is 0 Å². The van der Waals surface area contributed by atoms with Crippen molar-refractivity contribution in [2.45, 2.75) is 32.0 Å². The van der Waals surface area contributed by atoms with Crippen LogP contribution in [0, 0.1) is 11.3 Å². The Balaban J connectivity index is 1.73. The summed E-state index contributed by atoms with van der Waals surface area (Å²) in [5, 5.41) is 17.5. The summed E-state index contributed by atoms with van der Waals surface area (Å²) in [6.45, 7) is 3.13. The molecule has 13 heteroatoms. The van der Waals surface area contributed by atoms with Gasteiger partial charge in [-0.3, -0.25) is 9.69 Å². The van der Waals surface area contributed by atoms with Gasteiger partial charge in [0.15, 0.2) is 10.9 Å². The molecule has 1 aliphatic heterocycles. The fourth-order valence-corrected chi connectivity index (χ4v) is 4.12. The number of alkyl halides is 3. The predicted octanol–water partition coefficient (Wildman–Crippen LogP) is 4.30. The second-order valence-electron chi connectivity index (χ2n) is 8.36. The van der Waals surface area contributed by atoms with Crippen LogP contribution in [0.3, 0.4) is 0 Å². The average molecular weight is 538 g/mol. The fourth-order valence-electron chi connectivity index (χ4n) is 3.60. The normalized spacial score (nSPS) is 15.1. The summed E-state index contributed by atoms with van der Waals surface area (Å²) < 4.78 is 45.3. The number of hydrogen-bond acceptors (Lipinski definition) is 7. The van der Waals surface area contributed by atoms with Crippen molar-refractivity contribution in [3.63, 3.8) is 0 Å². The van der Waals surface area contributed by atoms with E-state index in [9.17, 15) is 22.8 Å². The third-order valence-electron chi connectivity index (χ3n) is 5.35. The zero-order chi connectivity index (χ0) is 27.4. The number of ether oxygens (including phenoxy) is 1. The molecule has 0 aliphatic carbocycles. The number of nitrogens with zero attached hydrogens (tertiary/aromatic N) is 3. The summed E-state index contributed by atoms with van der Waals surface area (Å²) in [5.74, 6) is -1.27. The highest BCUT2D eigenvalue weighted by Crippen LogP contribution is 2.39. The van der Waals surface area contributed by atoms with E-state index in [2.05, 4.69) is 0 Å². The third-order valence-corrected chi connectivity index (χ3v) is 5.71. The smallest absolute Gasteiger partial charge is 0.417 e. The highest BCUT2D eigenvalue weighted by Gasteiger charge is 2.50. The Bertz CT molecular complexity index is 1230. The van der Waals surface area contributed by atoms with Crippen molar-refractivity contribution >= 4 is 40.6 Å². The number of halogens is 3. The van der Waals surface area contributed by atoms with Gasteiger partial charge in [-0.05, 0) is 75.0 Å². The van der Waals surface area contributed by atoms with Crippen molar-refractivity contribution in [3.05, 3.63) is 53.6 Å². The quantitative estimate of drug-likeness (QED) is 0.205. The van der Waals surface area contributed by atoms with Crippen molar-refractivity contribution in [2.75, 3.05) is 29.6 Å². The first-order valence-electron chi connectivity index (χ1n) is 10.9. The summed E-state index contributed by atoms with van der Waals surface area (Å²) in [6, 6.07) is 10.9. The van der Waals surface area contributed by atoms with Crippen LogP contribution in [-0.4, -0.2) is 47.5 Å². The van der Waals surface area contributed by atoms with E-state index in [0.717, 1.165) is 17.0 Å². The maximum absolute atomic E-state index is 13.5. The van der Waals surface area contributed by atoms with Crippen LogP contribution in [0.15, 0.2) is 42.5 Å². The molecule has 1 amide bonds. The molecule has 0 radical (unpaired) electrons. The van der Waals surface area contributed by atoms with Gasteiger partial charge in [0.1, 0.15) is 12.1 Å². The Morgan fingerprint density at radius 3 is 2.38 bits per heavy atom. The number of thiocarbonyl (C=S) groups is 1. The first-order chi connectivity index (χ1) is 17.4. The van der Waals surface area contributed by atoms with Crippen molar-refractivity contribution in [3.8, 4) is 11.8 Å². The van der Waals surface area contributed by atoms with E-state index < -0.39 is 41.3 Å². The van der Waals surface area contributed by atoms with Gasteiger partial charge in [-0.1, -0.05) is 0 Å². The summed E-state index contributed by atoms with van der Waals surface area (Å²) in [5.41, 5.74) is -2.55. The Labute approximate surface area is 215 Å². The standard InChI is InChI=1S/C24H22F3N3O6S/c1-23(2)21(33)29(17-5-4-15(13-28)19(12-17)24(25,26)27)22(37)30(23)16-6-8-18(9-7-16)36-35-11-3-10-34-14-20(31)32/h4-9,12H,3,10-11,14H2,1-2H3,(H,31,32). The maximum Gasteiger partial charge on any atom is 0.417 e. The van der Waals surface area contributed by atoms with Crippen molar-refractivity contribution in [1.82, 2.24) is 0 Å². The molecule has 0 aromatic heterocycles. The molecule has 9 nitrogen and oxygen atoms in total. The molecule has 0 spiro atoms. The zero-order valence-corrected chi connectivity index (χ0v) is 20.6. The number of carboxylic acids is 1. The topological polar surface area (TPSA) is 112 Å². The summed E-state index contributed by atoms with van der Waals surface area (Å²) in [6.07, 6.45) is -4.38. The predicted molar refractivity (Wildman–Crippen MR) is 129 cm³/mol. The molecular weight excluding hydrogens is 515 g/mol. The lowest BCUT2D eigenvalue weighted by Gasteiger charge is -2.29. The van der Waals surface area contributed by atoms with Crippen LogP contribution in [0.25, 0.3) is 0 Å². The minimum Gasteiger partial charge on any atom is -0.480 e. The molecule has 2 aromatic rings. The Kier molecular flexibility index (Phi) is 8.37. The van der Waals surface area contributed by atoms with Gasteiger partial charge in [0.05, 0.1) is 29.5 Å². The summed E-state index contributed by atoms with van der Waals surface area (Å²) >= 11 is 5.50. The lowest BCUT2D eigenvalue weighted by molar-refractivity contribution is -0.209. The van der Waals surface area contributed by atoms with Crippen LogP contribution >= 0.6 is 12.2 Å². The SMILES string of the molecule is CC1(C)C(=O)N(c2ccc(C#N)c(C(F)(F)F)c2)C(=S)N1c1ccc(OOCCCOCC(=O)O)cc1. The largest absolute Gasteiger partial charge is 0.480 e. The van der Waals surface area contributed by atoms with Crippen LogP contribution in [0.1, 0.15) is 31.4 Å². The molecule has 0 atom stereocenters. The Morgan fingerprint density at radius 2 is 1.78 bits per heavy atom. The summed E-state index contributed by atoms with van der Waals surface area (Å²) in [4.78, 5) is 36.4. The number of hydrogen-bond donors (Lipinski definition) is 1. The van der Waals surface area contributed by atoms with Crippen LogP contribution in [0.2, 0.25) is 0 Å². The molecule has 0 saturated carbocycles. The van der Waals surface area contributed by atoms with E-state index in [1.54, 1.807) is 38.1 Å². The first kappa shape index (κ1) is 27.9. The van der Waals surface area contributed by atoms with Gasteiger partial charge in [-0.2, -0.15) is 23.3 Å². The molecule has 37 heavy (non-hydrogen) atoms. The summed E-state index contributed by atoms with van der Waals surface area (Å²) in [7, 11) is 0. The molecule has 1 N–H and O–H groups in total. The molecule has 1 fully saturated rings. The number of anilines is 2. The van der Waals surface area contributed by atoms with Crippen molar-refractivity contribution in [1.29, 1.82) is 5.26 Å². The highest BCUT2D eigenvalue weighted by molar-refractivity contribution is 7.81. The van der Waals surface area contributed by atoms with E-state index >= 15 is 0 Å². The van der Waals surface area contributed by atoms with Crippen LogP contribution in [-0.2, 0) is 25.4 Å². The van der Waals surface area contributed by atoms with Gasteiger partial charge in [-0.15, -0.1) is 0 Å². The third kappa shape index (κ3) is 6.16. The van der Waals surface area contributed by atoms with E-state index in [1.165, 1.54) is 17.0 Å². The van der Waals surface area contributed by atoms with Gasteiger partial charge in [0, 0.05) is 12.3 Å². The molecule has 1 saturated heterocycles. The number of carbonyl (C=O) groups is 2. The second kappa shape index (κ2) is 11.1. The molecule has 1 aliphatic rings. The number of aliphatic carboxylic acids is 1. The van der Waals surface area contributed by atoms with Crippen LogP contribution in [0.5, 0.6) is 5.75 Å². The number of benzene rings is 2. The Hall–Kier alpha value is -3.73. The number of amides is 1. The minimum absolute atomic E-state index is 0.0286. The molecular formula is C24H22F3N3O6S. The molecule has 3 rings (SSSR count). The number of carbonyl (C=O) groups excluding carboxylic acids is 1. The van der Waals surface area contributed by atoms with Crippen LogP contribution < -0.4 is 14.7 Å². The first-order valence-corrected chi connectivity index (χ1v) is 11.3. The molecule has 0 bridgehead atoms. The number of carboxylic acid groups (broad SMARTS) is 1. The lowest BCUT2D eigenvalue weighted by Crippen LogP contribution is -2.44. The van der Waals surface area contributed by atoms with Crippen molar-refractivity contribution < 1.29 is 42.4 Å². The number of nitriles is 1. The second-order valence-corrected chi connectivity index (χ2v) is 8.72. The van der Waals surface area contributed by atoms with E-state index in [0.29, 0.717) is 17.9 Å². The van der Waals surface area contributed by atoms with Gasteiger partial charge in [0.2, 0.25) is 0 Å². The minimum atomic E-state index is -4.79. The Morgan fingerprint density at radius 1 is 1.14 bits per heavy atom. The zero-order valence-electron chi connectivity index (χ0n) is 19.7. The van der Waals surface area contributed by atoms with Gasteiger partial charge in [0.25, 0.3) is 5.91 Å².